The molecule has 0 unspecified atom stereocenters. The number of hydrogen-bond donors (Lipinski definition) is 0. The van der Waals surface area contributed by atoms with Gasteiger partial charge >= 0.3 is 0 Å². The Morgan fingerprint density at radius 3 is 0.857 bits per heavy atom. The minimum Gasteiger partial charge on any atom is -0.497 e. The zero-order valence-electron chi connectivity index (χ0n) is 47.2. The number of para-hydroxylation sites is 4. The van der Waals surface area contributed by atoms with Crippen LogP contribution in [-0.4, -0.2) is 23.4 Å². The second kappa shape index (κ2) is 20.6. The molecule has 0 radical (unpaired) electrons. The van der Waals surface area contributed by atoms with E-state index >= 15 is 0 Å². The summed E-state index contributed by atoms with van der Waals surface area (Å²) >= 11 is 0. The van der Waals surface area contributed by atoms with E-state index in [1.54, 1.807) is 14.2 Å². The van der Waals surface area contributed by atoms with Crippen LogP contribution in [-0.2, 0) is 0 Å². The zero-order chi connectivity index (χ0) is 56.4. The van der Waals surface area contributed by atoms with Crippen molar-refractivity contribution in [3.05, 3.63) is 290 Å². The maximum atomic E-state index is 5.69. The van der Waals surface area contributed by atoms with Gasteiger partial charge < -0.3 is 28.4 Å². The average molecular weight is 1080 g/mol. The van der Waals surface area contributed by atoms with Crippen molar-refractivity contribution in [3.63, 3.8) is 0 Å². The first-order valence-corrected chi connectivity index (χ1v) is 28.6. The summed E-state index contributed by atoms with van der Waals surface area (Å²) in [5, 5.41) is 9.49. The lowest BCUT2D eigenvalue weighted by Gasteiger charge is -2.28. The highest BCUT2D eigenvalue weighted by Gasteiger charge is 2.24. The van der Waals surface area contributed by atoms with E-state index in [9.17, 15) is 0 Å². The van der Waals surface area contributed by atoms with Crippen molar-refractivity contribution >= 4 is 99.3 Å². The van der Waals surface area contributed by atoms with Gasteiger partial charge in [0.05, 0.1) is 36.3 Å². The number of aromatic nitrogens is 2. The Morgan fingerprint density at radius 1 is 0.262 bits per heavy atom. The number of benzene rings is 13. The fraction of sp³-hybridized carbons (Fsp3) is 0.0513. The number of aryl methyl sites for hydroxylation is 2. The van der Waals surface area contributed by atoms with Crippen LogP contribution in [0.15, 0.2) is 279 Å². The second-order valence-electron chi connectivity index (χ2n) is 21.8. The third-order valence-corrected chi connectivity index (χ3v) is 16.8. The zero-order valence-corrected chi connectivity index (χ0v) is 47.2. The molecule has 6 heteroatoms. The van der Waals surface area contributed by atoms with Crippen molar-refractivity contribution < 1.29 is 9.47 Å². The van der Waals surface area contributed by atoms with E-state index in [0.717, 1.165) is 101 Å². The molecule has 402 valence electrons. The molecule has 2 aromatic heterocycles. The summed E-state index contributed by atoms with van der Waals surface area (Å²) in [5.74, 6) is 1.61. The molecule has 0 N–H and O–H groups in total. The molecular weight excluding hydrogens is 1020 g/mol. The molecule has 0 aliphatic heterocycles. The van der Waals surface area contributed by atoms with E-state index in [-0.39, 0.29) is 0 Å². The molecule has 2 heterocycles. The van der Waals surface area contributed by atoms with Gasteiger partial charge in [-0.25, -0.2) is 0 Å². The highest BCUT2D eigenvalue weighted by Crippen LogP contribution is 2.49. The summed E-state index contributed by atoms with van der Waals surface area (Å²) in [6, 6.07) is 102. The SMILES string of the molecule is COc1ccc(N(c2ccc(C)cc2)c2ccc3c(-c4ccc(-n5c6ccccc6c6ccccc65)cc4)c4cc(N(c5ccc(C)cc5)c5ccc(OC)cc5)ccc4c(-c4ccc(-n5c6ccccc6c6ccccc65)cc4)c3c2)cc1. The van der Waals surface area contributed by atoms with Crippen molar-refractivity contribution in [1.29, 1.82) is 0 Å². The quantitative estimate of drug-likeness (QED) is 0.114. The molecule has 84 heavy (non-hydrogen) atoms. The second-order valence-corrected chi connectivity index (χ2v) is 21.8. The molecule has 15 aromatic rings. The van der Waals surface area contributed by atoms with Crippen molar-refractivity contribution in [2.24, 2.45) is 0 Å². The fourth-order valence-corrected chi connectivity index (χ4v) is 12.8. The normalized spacial score (nSPS) is 11.6. The van der Waals surface area contributed by atoms with Crippen LogP contribution in [0.25, 0.3) is 98.8 Å². The Hall–Kier alpha value is -10.8. The Labute approximate surface area is 488 Å². The van der Waals surface area contributed by atoms with Gasteiger partial charge in [-0.2, -0.15) is 0 Å². The van der Waals surface area contributed by atoms with Gasteiger partial charge in [0.15, 0.2) is 0 Å². The number of anilines is 6. The third kappa shape index (κ3) is 8.49. The minimum absolute atomic E-state index is 0.806. The number of ether oxygens (including phenoxy) is 2. The standard InChI is InChI=1S/C78H58N4O2/c1-51-21-29-55(30-22-51)79(57-37-43-63(83-3)44-38-57)61-41-47-69-71(49-61)77(53-25-33-59(34-26-53)81-73-17-9-5-13-65(73)66-14-6-10-18-74(66)81)70-48-42-62(80(56-31-23-52(2)24-32-56)58-39-45-64(84-4)46-40-58)50-72(70)78(69)54-27-35-60(36-28-54)82-75-19-11-7-15-67(75)68-16-8-12-20-76(68)82/h5-50H,1-4H3. The van der Waals surface area contributed by atoms with Crippen LogP contribution in [0.4, 0.5) is 34.1 Å². The smallest absolute Gasteiger partial charge is 0.119 e. The molecule has 0 aliphatic rings. The Bertz CT molecular complexity index is 4540. The molecule has 0 saturated heterocycles. The summed E-state index contributed by atoms with van der Waals surface area (Å²) < 4.78 is 16.2. The highest BCUT2D eigenvalue weighted by molar-refractivity contribution is 6.23. The molecule has 0 saturated carbocycles. The van der Waals surface area contributed by atoms with Gasteiger partial charge in [0.2, 0.25) is 0 Å². The number of hydrogen-bond acceptors (Lipinski definition) is 4. The molecule has 6 nitrogen and oxygen atoms in total. The van der Waals surface area contributed by atoms with E-state index in [1.165, 1.54) is 54.7 Å². The van der Waals surface area contributed by atoms with Gasteiger partial charge in [-0.1, -0.05) is 145 Å². The van der Waals surface area contributed by atoms with Gasteiger partial charge in [0.1, 0.15) is 11.5 Å². The first-order chi connectivity index (χ1) is 41.4. The van der Waals surface area contributed by atoms with Crippen molar-refractivity contribution in [1.82, 2.24) is 9.13 Å². The fourth-order valence-electron chi connectivity index (χ4n) is 12.8. The van der Waals surface area contributed by atoms with Crippen LogP contribution in [0, 0.1) is 13.8 Å². The number of methoxy groups -OCH3 is 2. The van der Waals surface area contributed by atoms with Crippen LogP contribution >= 0.6 is 0 Å². The van der Waals surface area contributed by atoms with Gasteiger partial charge in [-0.05, 0) is 203 Å². The first kappa shape index (κ1) is 50.2. The molecule has 13 aromatic carbocycles. The topological polar surface area (TPSA) is 34.8 Å². The number of rotatable bonds is 12. The number of nitrogens with zero attached hydrogens (tertiary/aromatic N) is 4. The van der Waals surface area contributed by atoms with Crippen molar-refractivity contribution in [3.8, 4) is 45.1 Å². The molecule has 0 amide bonds. The molecule has 0 spiro atoms. The number of fused-ring (bicyclic) bond motifs is 8. The minimum atomic E-state index is 0.806. The van der Waals surface area contributed by atoms with E-state index < -0.39 is 0 Å². The molecule has 0 fully saturated rings. The van der Waals surface area contributed by atoms with E-state index in [2.05, 4.69) is 288 Å². The summed E-state index contributed by atoms with van der Waals surface area (Å²) in [4.78, 5) is 4.71. The Balaban J connectivity index is 1.01. The van der Waals surface area contributed by atoms with Crippen LogP contribution < -0.4 is 19.3 Å². The van der Waals surface area contributed by atoms with Gasteiger partial charge in [-0.3, -0.25) is 0 Å². The first-order valence-electron chi connectivity index (χ1n) is 28.6. The largest absolute Gasteiger partial charge is 0.497 e. The predicted octanol–water partition coefficient (Wildman–Crippen LogP) is 21.1. The van der Waals surface area contributed by atoms with Gasteiger partial charge in [0, 0.05) is 67.0 Å². The molecule has 15 rings (SSSR count). The Morgan fingerprint density at radius 2 is 0.548 bits per heavy atom. The maximum Gasteiger partial charge on any atom is 0.119 e. The molecule has 0 aliphatic carbocycles. The molecular formula is C78H58N4O2. The van der Waals surface area contributed by atoms with Gasteiger partial charge in [-0.15, -0.1) is 0 Å². The van der Waals surface area contributed by atoms with Crippen LogP contribution in [0.1, 0.15) is 11.1 Å². The van der Waals surface area contributed by atoms with E-state index in [4.69, 9.17) is 9.47 Å². The Kier molecular flexibility index (Phi) is 12.3. The summed E-state index contributed by atoms with van der Waals surface area (Å²) in [6.45, 7) is 4.28. The van der Waals surface area contributed by atoms with Gasteiger partial charge in [0.25, 0.3) is 0 Å². The van der Waals surface area contributed by atoms with Crippen molar-refractivity contribution in [2.75, 3.05) is 24.0 Å². The van der Waals surface area contributed by atoms with Crippen LogP contribution in [0.2, 0.25) is 0 Å². The summed E-state index contributed by atoms with van der Waals surface area (Å²) in [6.07, 6.45) is 0. The van der Waals surface area contributed by atoms with E-state index in [1.807, 2.05) is 24.3 Å². The lowest BCUT2D eigenvalue weighted by Crippen LogP contribution is -2.10. The van der Waals surface area contributed by atoms with Crippen molar-refractivity contribution in [2.45, 2.75) is 13.8 Å². The summed E-state index contributed by atoms with van der Waals surface area (Å²) in [7, 11) is 3.43. The lowest BCUT2D eigenvalue weighted by atomic mass is 9.85. The van der Waals surface area contributed by atoms with Crippen LogP contribution in [0.5, 0.6) is 11.5 Å². The molecule has 0 bridgehead atoms. The summed E-state index contributed by atoms with van der Waals surface area (Å²) in [5.41, 5.74) is 20.1. The molecule has 0 atom stereocenters. The average Bonchev–Trinajstić information content (AvgIpc) is 1.79. The lowest BCUT2D eigenvalue weighted by molar-refractivity contribution is 0.414. The highest BCUT2D eigenvalue weighted by atomic mass is 16.5. The third-order valence-electron chi connectivity index (χ3n) is 16.8. The monoisotopic (exact) mass is 1080 g/mol. The van der Waals surface area contributed by atoms with Crippen LogP contribution in [0.3, 0.4) is 0 Å². The predicted molar refractivity (Wildman–Crippen MR) is 353 cm³/mol. The maximum absolute atomic E-state index is 5.69. The van der Waals surface area contributed by atoms with E-state index in [0.29, 0.717) is 0 Å².